The summed E-state index contributed by atoms with van der Waals surface area (Å²) < 4.78 is 19.6. The first-order valence-electron chi connectivity index (χ1n) is 7.31. The average molecular weight is 316 g/mol. The Kier molecular flexibility index (Phi) is 3.90. The molecule has 0 saturated heterocycles. The molecule has 6 heteroatoms. The number of halogens is 1. The minimum Gasteiger partial charge on any atom is -0.490 e. The molecule has 23 heavy (non-hydrogen) atoms. The van der Waals surface area contributed by atoms with Gasteiger partial charge in [0.25, 0.3) is 11.5 Å². The van der Waals surface area contributed by atoms with E-state index < -0.39 is 0 Å². The topological polar surface area (TPSA) is 51.5 Å². The Bertz CT molecular complexity index is 812. The lowest BCUT2D eigenvalue weighted by Gasteiger charge is -2.29. The quantitative estimate of drug-likeness (QED) is 0.866. The van der Waals surface area contributed by atoms with Crippen LogP contribution in [0.25, 0.3) is 0 Å². The van der Waals surface area contributed by atoms with Crippen molar-refractivity contribution in [2.24, 2.45) is 7.05 Å². The van der Waals surface area contributed by atoms with Gasteiger partial charge < -0.3 is 14.2 Å². The third-order valence-electron chi connectivity index (χ3n) is 4.06. The molecule has 0 atom stereocenters. The minimum absolute atomic E-state index is 0.0822. The molecule has 2 aromatic rings. The number of methoxy groups -OCH3 is 1. The highest BCUT2D eigenvalue weighted by Gasteiger charge is 2.30. The Morgan fingerprint density at radius 1 is 1.22 bits per heavy atom. The van der Waals surface area contributed by atoms with Gasteiger partial charge in [-0.3, -0.25) is 9.59 Å². The van der Waals surface area contributed by atoms with Crippen LogP contribution in [0.2, 0.25) is 0 Å². The number of rotatable bonds is 3. The lowest BCUT2D eigenvalue weighted by molar-refractivity contribution is 0.0722. The van der Waals surface area contributed by atoms with Gasteiger partial charge in [-0.25, -0.2) is 4.39 Å². The summed E-state index contributed by atoms with van der Waals surface area (Å²) in [4.78, 5) is 26.6. The summed E-state index contributed by atoms with van der Waals surface area (Å²) in [5.74, 6) is -0.460. The molecular weight excluding hydrogens is 299 g/mol. The molecule has 2 heterocycles. The molecule has 5 nitrogen and oxygen atoms in total. The Balaban J connectivity index is 1.95. The molecule has 0 bridgehead atoms. The number of amides is 1. The van der Waals surface area contributed by atoms with Crippen molar-refractivity contribution in [3.8, 4) is 5.75 Å². The number of aryl methyl sites for hydroxylation is 1. The molecule has 1 aliphatic heterocycles. The van der Waals surface area contributed by atoms with Gasteiger partial charge in [-0.2, -0.15) is 0 Å². The van der Waals surface area contributed by atoms with E-state index in [1.807, 2.05) is 0 Å². The molecule has 0 N–H and O–H groups in total. The van der Waals surface area contributed by atoms with Gasteiger partial charge in [-0.15, -0.1) is 0 Å². The number of hydrogen-bond acceptors (Lipinski definition) is 3. The smallest absolute Gasteiger partial charge is 0.293 e. The van der Waals surface area contributed by atoms with Gasteiger partial charge >= 0.3 is 0 Å². The van der Waals surface area contributed by atoms with Gasteiger partial charge in [0, 0.05) is 26.3 Å². The van der Waals surface area contributed by atoms with Crippen LogP contribution < -0.4 is 10.3 Å². The Hall–Kier alpha value is -2.63. The van der Waals surface area contributed by atoms with Gasteiger partial charge in [0.1, 0.15) is 5.82 Å². The fourth-order valence-corrected chi connectivity index (χ4v) is 2.86. The second-order valence-corrected chi connectivity index (χ2v) is 5.58. The number of carbonyl (C=O) groups excluding carboxylic acids is 1. The predicted octanol–water partition coefficient (Wildman–Crippen LogP) is 1.73. The van der Waals surface area contributed by atoms with Crippen LogP contribution in [0.3, 0.4) is 0 Å². The van der Waals surface area contributed by atoms with Crippen molar-refractivity contribution in [3.05, 3.63) is 63.3 Å². The lowest BCUT2D eigenvalue weighted by Crippen LogP contribution is -2.39. The molecule has 3 rings (SSSR count). The van der Waals surface area contributed by atoms with E-state index in [4.69, 9.17) is 4.74 Å². The van der Waals surface area contributed by atoms with Crippen LogP contribution in [0.1, 0.15) is 21.5 Å². The van der Waals surface area contributed by atoms with Gasteiger partial charge in [-0.1, -0.05) is 12.1 Å². The van der Waals surface area contributed by atoms with Crippen LogP contribution >= 0.6 is 0 Å². The second kappa shape index (κ2) is 5.87. The zero-order chi connectivity index (χ0) is 16.6. The number of fused-ring (bicyclic) bond motifs is 1. The van der Waals surface area contributed by atoms with Crippen molar-refractivity contribution in [1.29, 1.82) is 0 Å². The van der Waals surface area contributed by atoms with Crippen molar-refractivity contribution in [1.82, 2.24) is 9.47 Å². The number of carbonyl (C=O) groups is 1. The van der Waals surface area contributed by atoms with E-state index in [0.717, 1.165) is 11.1 Å². The molecule has 0 fully saturated rings. The van der Waals surface area contributed by atoms with Crippen LogP contribution in [0, 0.1) is 5.82 Å². The molecule has 0 unspecified atom stereocenters. The molecule has 1 aromatic carbocycles. The number of ether oxygens (including phenoxy) is 1. The molecule has 1 aromatic heterocycles. The number of nitrogens with zero attached hydrogens (tertiary/aromatic N) is 2. The van der Waals surface area contributed by atoms with Gasteiger partial charge in [-0.05, 0) is 29.7 Å². The van der Waals surface area contributed by atoms with Crippen LogP contribution in [0.5, 0.6) is 5.75 Å². The Morgan fingerprint density at radius 3 is 2.57 bits per heavy atom. The minimum atomic E-state index is -0.330. The molecule has 0 spiro atoms. The summed E-state index contributed by atoms with van der Waals surface area (Å²) in [7, 11) is 3.03. The molecule has 1 aliphatic rings. The normalized spacial score (nSPS) is 13.9. The van der Waals surface area contributed by atoms with E-state index in [2.05, 4.69) is 0 Å². The highest BCUT2D eigenvalue weighted by atomic mass is 19.1. The molecule has 1 amide bonds. The van der Waals surface area contributed by atoms with Crippen LogP contribution in [0.4, 0.5) is 4.39 Å². The van der Waals surface area contributed by atoms with E-state index in [9.17, 15) is 14.0 Å². The van der Waals surface area contributed by atoms with E-state index >= 15 is 0 Å². The number of benzene rings is 1. The highest BCUT2D eigenvalue weighted by Crippen LogP contribution is 2.26. The fraction of sp³-hybridized carbons (Fsp3) is 0.294. The van der Waals surface area contributed by atoms with Gasteiger partial charge in [0.15, 0.2) is 5.75 Å². The first kappa shape index (κ1) is 15.3. The van der Waals surface area contributed by atoms with Crippen molar-refractivity contribution in [2.75, 3.05) is 13.7 Å². The van der Waals surface area contributed by atoms with Crippen molar-refractivity contribution < 1.29 is 13.9 Å². The number of aromatic nitrogens is 1. The molecule has 0 saturated carbocycles. The molecule has 120 valence electrons. The molecule has 0 radical (unpaired) electrons. The van der Waals surface area contributed by atoms with Crippen molar-refractivity contribution in [2.45, 2.75) is 13.0 Å². The first-order chi connectivity index (χ1) is 11.0. The largest absolute Gasteiger partial charge is 0.490 e. The maximum atomic E-state index is 13.0. The summed E-state index contributed by atoms with van der Waals surface area (Å²) in [6, 6.07) is 6.04. The standard InChI is InChI=1S/C17H17FN2O3/c1-19-10-12-7-8-20(9-11-3-5-13(18)6-4-11)16(21)14(12)15(23-2)17(19)22/h3-6,10H,7-9H2,1-2H3. The number of hydrogen-bond donors (Lipinski definition) is 0. The summed E-state index contributed by atoms with van der Waals surface area (Å²) in [6.45, 7) is 0.918. The zero-order valence-corrected chi connectivity index (χ0v) is 13.0. The van der Waals surface area contributed by atoms with Gasteiger partial charge in [0.2, 0.25) is 0 Å². The highest BCUT2D eigenvalue weighted by molar-refractivity contribution is 5.99. The number of pyridine rings is 1. The fourth-order valence-electron chi connectivity index (χ4n) is 2.86. The summed E-state index contributed by atoms with van der Waals surface area (Å²) in [6.07, 6.45) is 2.33. The predicted molar refractivity (Wildman–Crippen MR) is 83.1 cm³/mol. The lowest BCUT2D eigenvalue weighted by atomic mass is 9.99. The zero-order valence-electron chi connectivity index (χ0n) is 13.0. The van der Waals surface area contributed by atoms with E-state index in [1.54, 1.807) is 30.3 Å². The third kappa shape index (κ3) is 2.72. The Labute approximate surface area is 132 Å². The van der Waals surface area contributed by atoms with Crippen molar-refractivity contribution in [3.63, 3.8) is 0 Å². The van der Waals surface area contributed by atoms with Gasteiger partial charge in [0.05, 0.1) is 12.7 Å². The monoisotopic (exact) mass is 316 g/mol. The van der Waals surface area contributed by atoms with Crippen LogP contribution in [-0.2, 0) is 20.0 Å². The molecular formula is C17H17FN2O3. The van der Waals surface area contributed by atoms with Crippen molar-refractivity contribution >= 4 is 5.91 Å². The second-order valence-electron chi connectivity index (χ2n) is 5.58. The summed E-state index contributed by atoms with van der Waals surface area (Å²) in [5.41, 5.74) is 1.66. The third-order valence-corrected chi connectivity index (χ3v) is 4.06. The average Bonchev–Trinajstić information content (AvgIpc) is 2.54. The van der Waals surface area contributed by atoms with E-state index in [0.29, 0.717) is 25.1 Å². The summed E-state index contributed by atoms with van der Waals surface area (Å²) >= 11 is 0. The van der Waals surface area contributed by atoms with E-state index in [1.165, 1.54) is 23.8 Å². The summed E-state index contributed by atoms with van der Waals surface area (Å²) in [5, 5.41) is 0. The first-order valence-corrected chi connectivity index (χ1v) is 7.31. The molecule has 0 aliphatic carbocycles. The SMILES string of the molecule is COc1c2c(cn(C)c1=O)CCN(Cc1ccc(F)cc1)C2=O. The van der Waals surface area contributed by atoms with E-state index in [-0.39, 0.29) is 23.0 Å². The maximum absolute atomic E-state index is 13.0. The van der Waals surface area contributed by atoms with Crippen LogP contribution in [-0.4, -0.2) is 29.0 Å². The maximum Gasteiger partial charge on any atom is 0.293 e. The Morgan fingerprint density at radius 2 is 1.91 bits per heavy atom. The van der Waals surface area contributed by atoms with Crippen LogP contribution in [0.15, 0.2) is 35.3 Å².